The second-order valence-corrected chi connectivity index (χ2v) is 4.72. The highest BCUT2D eigenvalue weighted by molar-refractivity contribution is 5.97. The third-order valence-corrected chi connectivity index (χ3v) is 3.32. The maximum absolute atomic E-state index is 12.5. The molecule has 1 aliphatic rings. The number of benzene rings is 1. The van der Waals surface area contributed by atoms with Gasteiger partial charge in [-0.2, -0.15) is 8.78 Å². The van der Waals surface area contributed by atoms with Gasteiger partial charge in [-0.3, -0.25) is 4.79 Å². The molecule has 1 atom stereocenters. The first-order chi connectivity index (χ1) is 10.1. The Labute approximate surface area is 133 Å². The van der Waals surface area contributed by atoms with E-state index in [2.05, 4.69) is 15.4 Å². The lowest BCUT2D eigenvalue weighted by Gasteiger charge is -2.15. The average molecular weight is 337 g/mol. The summed E-state index contributed by atoms with van der Waals surface area (Å²) < 4.78 is 34.4. The van der Waals surface area contributed by atoms with E-state index < -0.39 is 12.5 Å². The number of para-hydroxylation sites is 1. The number of alkyl halides is 2. The maximum atomic E-state index is 12.5. The Morgan fingerprint density at radius 2 is 2.27 bits per heavy atom. The molecule has 0 spiro atoms. The van der Waals surface area contributed by atoms with Gasteiger partial charge in [0.05, 0.1) is 12.7 Å². The lowest BCUT2D eigenvalue weighted by atomic mass is 10.1. The van der Waals surface area contributed by atoms with Crippen molar-refractivity contribution in [3.05, 3.63) is 23.8 Å². The molecule has 1 aromatic rings. The van der Waals surface area contributed by atoms with E-state index in [0.717, 1.165) is 19.4 Å². The molecule has 1 amide bonds. The summed E-state index contributed by atoms with van der Waals surface area (Å²) in [7, 11) is 1.33. The van der Waals surface area contributed by atoms with Crippen LogP contribution in [0.3, 0.4) is 0 Å². The number of hydrogen-bond acceptors (Lipinski definition) is 4. The molecule has 2 rings (SSSR count). The molecule has 5 nitrogen and oxygen atoms in total. The molecule has 0 aliphatic carbocycles. The van der Waals surface area contributed by atoms with Gasteiger partial charge < -0.3 is 20.1 Å². The summed E-state index contributed by atoms with van der Waals surface area (Å²) in [5.74, 6) is -0.605. The molecule has 124 valence electrons. The van der Waals surface area contributed by atoms with Crippen LogP contribution in [0.4, 0.5) is 8.78 Å². The summed E-state index contributed by atoms with van der Waals surface area (Å²) in [5.41, 5.74) is 0.0349. The number of nitrogens with one attached hydrogen (secondary N) is 2. The smallest absolute Gasteiger partial charge is 0.387 e. The van der Waals surface area contributed by atoms with E-state index >= 15 is 0 Å². The van der Waals surface area contributed by atoms with Gasteiger partial charge in [0.2, 0.25) is 0 Å². The molecule has 1 unspecified atom stereocenters. The van der Waals surface area contributed by atoms with E-state index in [1.165, 1.54) is 19.2 Å². The second kappa shape index (κ2) is 8.75. The summed E-state index contributed by atoms with van der Waals surface area (Å²) in [6, 6.07) is 4.67. The van der Waals surface area contributed by atoms with Gasteiger partial charge in [-0.1, -0.05) is 6.07 Å². The third-order valence-electron chi connectivity index (χ3n) is 3.32. The van der Waals surface area contributed by atoms with Crippen LogP contribution in [0, 0.1) is 0 Å². The van der Waals surface area contributed by atoms with Gasteiger partial charge in [-0.25, -0.2) is 0 Å². The fraction of sp³-hybridized carbons (Fsp3) is 0.500. The Balaban J connectivity index is 0.00000242. The molecule has 1 aromatic carbocycles. The van der Waals surface area contributed by atoms with E-state index in [9.17, 15) is 13.6 Å². The molecule has 22 heavy (non-hydrogen) atoms. The number of carbonyl (C=O) groups is 1. The van der Waals surface area contributed by atoms with Gasteiger partial charge in [-0.15, -0.1) is 12.4 Å². The van der Waals surface area contributed by atoms with Crippen molar-refractivity contribution < 1.29 is 23.0 Å². The quantitative estimate of drug-likeness (QED) is 0.836. The molecule has 2 N–H and O–H groups in total. The lowest BCUT2D eigenvalue weighted by molar-refractivity contribution is -0.0515. The van der Waals surface area contributed by atoms with Crippen molar-refractivity contribution in [3.63, 3.8) is 0 Å². The van der Waals surface area contributed by atoms with Crippen molar-refractivity contribution in [1.82, 2.24) is 10.6 Å². The van der Waals surface area contributed by atoms with E-state index in [4.69, 9.17) is 4.74 Å². The second-order valence-electron chi connectivity index (χ2n) is 4.72. The van der Waals surface area contributed by atoms with E-state index in [0.29, 0.717) is 6.54 Å². The first-order valence-corrected chi connectivity index (χ1v) is 6.75. The minimum atomic E-state index is -3.02. The molecule has 0 radical (unpaired) electrons. The van der Waals surface area contributed by atoms with Crippen molar-refractivity contribution in [2.75, 3.05) is 20.2 Å². The number of amides is 1. The maximum Gasteiger partial charge on any atom is 0.387 e. The van der Waals surface area contributed by atoms with E-state index in [-0.39, 0.29) is 35.5 Å². The minimum Gasteiger partial charge on any atom is -0.493 e. The standard InChI is InChI=1S/C14H18F2N2O3.ClH/c1-20-11-6-2-5-10(12(11)21-14(15)16)13(19)18-8-9-4-3-7-17-9;/h2,5-6,9,14,17H,3-4,7-8H2,1H3,(H,18,19);1H. The lowest BCUT2D eigenvalue weighted by Crippen LogP contribution is -2.37. The first-order valence-electron chi connectivity index (χ1n) is 6.75. The molecular weight excluding hydrogens is 318 g/mol. The van der Waals surface area contributed by atoms with Crippen LogP contribution in [-0.2, 0) is 0 Å². The molecule has 0 bridgehead atoms. The predicted octanol–water partition coefficient (Wildman–Crippen LogP) is 2.20. The van der Waals surface area contributed by atoms with Gasteiger partial charge in [0, 0.05) is 12.6 Å². The number of ether oxygens (including phenoxy) is 2. The van der Waals surface area contributed by atoms with Crippen molar-refractivity contribution in [3.8, 4) is 11.5 Å². The zero-order chi connectivity index (χ0) is 15.2. The van der Waals surface area contributed by atoms with Crippen molar-refractivity contribution in [1.29, 1.82) is 0 Å². The van der Waals surface area contributed by atoms with Crippen molar-refractivity contribution in [2.45, 2.75) is 25.5 Å². The van der Waals surface area contributed by atoms with E-state index in [1.54, 1.807) is 6.07 Å². The SMILES string of the molecule is COc1cccc(C(=O)NCC2CCCN2)c1OC(F)F.Cl. The topological polar surface area (TPSA) is 59.6 Å². The number of rotatable bonds is 6. The fourth-order valence-corrected chi connectivity index (χ4v) is 2.31. The predicted molar refractivity (Wildman–Crippen MR) is 80.2 cm³/mol. The number of carbonyl (C=O) groups excluding carboxylic acids is 1. The Morgan fingerprint density at radius 3 is 2.86 bits per heavy atom. The largest absolute Gasteiger partial charge is 0.493 e. The van der Waals surface area contributed by atoms with Crippen LogP contribution in [0.15, 0.2) is 18.2 Å². The Kier molecular flexibility index (Phi) is 7.34. The molecule has 8 heteroatoms. The summed E-state index contributed by atoms with van der Waals surface area (Å²) in [5, 5.41) is 5.97. The van der Waals surface area contributed by atoms with Gasteiger partial charge in [0.25, 0.3) is 5.91 Å². The highest BCUT2D eigenvalue weighted by Crippen LogP contribution is 2.32. The fourth-order valence-electron chi connectivity index (χ4n) is 2.31. The van der Waals surface area contributed by atoms with Gasteiger partial charge >= 0.3 is 6.61 Å². The Morgan fingerprint density at radius 1 is 1.50 bits per heavy atom. The van der Waals surface area contributed by atoms with Gasteiger partial charge in [0.15, 0.2) is 11.5 Å². The van der Waals surface area contributed by atoms with Crippen LogP contribution in [0.2, 0.25) is 0 Å². The summed E-state index contributed by atoms with van der Waals surface area (Å²) >= 11 is 0. The third kappa shape index (κ3) is 4.71. The van der Waals surface area contributed by atoms with Crippen LogP contribution in [0.5, 0.6) is 11.5 Å². The molecule has 1 saturated heterocycles. The van der Waals surface area contributed by atoms with Crippen LogP contribution in [0.25, 0.3) is 0 Å². The highest BCUT2D eigenvalue weighted by Gasteiger charge is 2.21. The molecule has 1 aliphatic heterocycles. The molecule has 1 heterocycles. The highest BCUT2D eigenvalue weighted by atomic mass is 35.5. The Bertz CT molecular complexity index is 497. The molecule has 0 saturated carbocycles. The van der Waals surface area contributed by atoms with Crippen LogP contribution < -0.4 is 20.1 Å². The number of methoxy groups -OCH3 is 1. The zero-order valence-corrected chi connectivity index (χ0v) is 12.9. The van der Waals surface area contributed by atoms with Gasteiger partial charge in [0.1, 0.15) is 0 Å². The average Bonchev–Trinajstić information content (AvgIpc) is 2.97. The number of halogens is 3. The zero-order valence-electron chi connectivity index (χ0n) is 12.1. The molecule has 0 aromatic heterocycles. The van der Waals surface area contributed by atoms with Crippen molar-refractivity contribution in [2.24, 2.45) is 0 Å². The molecular formula is C14H19ClF2N2O3. The van der Waals surface area contributed by atoms with E-state index in [1.807, 2.05) is 0 Å². The first kappa shape index (κ1) is 18.4. The monoisotopic (exact) mass is 336 g/mol. The number of hydrogen-bond donors (Lipinski definition) is 2. The summed E-state index contributed by atoms with van der Waals surface area (Å²) in [6.07, 6.45) is 2.05. The van der Waals surface area contributed by atoms with Crippen LogP contribution in [-0.4, -0.2) is 38.8 Å². The summed E-state index contributed by atoms with van der Waals surface area (Å²) in [6.45, 7) is -1.65. The molecule has 1 fully saturated rings. The van der Waals surface area contributed by atoms with Crippen LogP contribution >= 0.6 is 12.4 Å². The van der Waals surface area contributed by atoms with Crippen molar-refractivity contribution >= 4 is 18.3 Å². The van der Waals surface area contributed by atoms with Gasteiger partial charge in [-0.05, 0) is 31.5 Å². The van der Waals surface area contributed by atoms with Crippen LogP contribution in [0.1, 0.15) is 23.2 Å². The summed E-state index contributed by atoms with van der Waals surface area (Å²) in [4.78, 5) is 12.2. The minimum absolute atomic E-state index is 0. The Hall–Kier alpha value is -1.60. The normalized spacial score (nSPS) is 17.0.